The van der Waals surface area contributed by atoms with Gasteiger partial charge >= 0.3 is 0 Å². The quantitative estimate of drug-likeness (QED) is 0.339. The maximum absolute atomic E-state index is 13.4. The second-order valence-electron chi connectivity index (χ2n) is 8.64. The van der Waals surface area contributed by atoms with Crippen LogP contribution in [0.2, 0.25) is 0 Å². The van der Waals surface area contributed by atoms with Gasteiger partial charge in [-0.25, -0.2) is 0 Å². The first-order valence-electron chi connectivity index (χ1n) is 11.2. The van der Waals surface area contributed by atoms with Gasteiger partial charge in [-0.3, -0.25) is 19.5 Å². The van der Waals surface area contributed by atoms with Crippen LogP contribution in [0.1, 0.15) is 21.6 Å². The summed E-state index contributed by atoms with van der Waals surface area (Å²) in [6, 6.07) is 14.8. The number of rotatable bonds is 6. The highest BCUT2D eigenvalue weighted by Crippen LogP contribution is 2.27. The molecular weight excluding hydrogens is 430 g/mol. The number of carbonyl (C=O) groups is 1. The van der Waals surface area contributed by atoms with Crippen molar-refractivity contribution in [1.29, 1.82) is 0 Å². The summed E-state index contributed by atoms with van der Waals surface area (Å²) in [5.74, 6) is -0.0845. The number of H-pyrrole nitrogens is 1. The molecular formula is C26H25N5O3. The molecule has 1 fully saturated rings. The van der Waals surface area contributed by atoms with E-state index in [1.165, 1.54) is 0 Å². The van der Waals surface area contributed by atoms with Crippen molar-refractivity contribution in [3.8, 4) is 0 Å². The van der Waals surface area contributed by atoms with Crippen LogP contribution in [-0.2, 0) is 0 Å². The molecule has 1 saturated heterocycles. The molecule has 0 amide bonds. The maximum Gasteiger partial charge on any atom is 0.253 e. The monoisotopic (exact) mass is 455 g/mol. The number of fused-ring (bicyclic) bond motifs is 1. The summed E-state index contributed by atoms with van der Waals surface area (Å²) >= 11 is 0. The van der Waals surface area contributed by atoms with E-state index in [2.05, 4.69) is 15.5 Å². The van der Waals surface area contributed by atoms with Crippen molar-refractivity contribution >= 4 is 40.2 Å². The van der Waals surface area contributed by atoms with E-state index < -0.39 is 16.9 Å². The van der Waals surface area contributed by atoms with Crippen molar-refractivity contribution in [3.05, 3.63) is 85.8 Å². The van der Waals surface area contributed by atoms with Gasteiger partial charge in [-0.1, -0.05) is 48.5 Å². The van der Waals surface area contributed by atoms with Gasteiger partial charge in [0.2, 0.25) is 0 Å². The van der Waals surface area contributed by atoms with Gasteiger partial charge in [0, 0.05) is 44.7 Å². The number of anilines is 2. The van der Waals surface area contributed by atoms with Crippen LogP contribution in [0.4, 0.5) is 11.4 Å². The molecule has 0 bridgehead atoms. The number of hydrogen-bond acceptors (Lipinski definition) is 7. The Kier molecular flexibility index (Phi) is 5.59. The van der Waals surface area contributed by atoms with E-state index in [0.29, 0.717) is 36.6 Å². The first-order chi connectivity index (χ1) is 16.5. The summed E-state index contributed by atoms with van der Waals surface area (Å²) in [4.78, 5) is 41.2. The summed E-state index contributed by atoms with van der Waals surface area (Å²) in [6.45, 7) is 1.54. The molecule has 2 heterocycles. The molecule has 172 valence electrons. The van der Waals surface area contributed by atoms with E-state index in [1.54, 1.807) is 36.0 Å². The third-order valence-electron chi connectivity index (χ3n) is 6.27. The summed E-state index contributed by atoms with van der Waals surface area (Å²) in [7, 11) is 3.47. The molecule has 1 unspecified atom stereocenters. The van der Waals surface area contributed by atoms with Crippen LogP contribution in [0.3, 0.4) is 0 Å². The van der Waals surface area contributed by atoms with E-state index >= 15 is 0 Å². The number of aromatic nitrogens is 2. The normalized spacial score (nSPS) is 16.5. The third kappa shape index (κ3) is 3.72. The van der Waals surface area contributed by atoms with Crippen LogP contribution in [0.5, 0.6) is 0 Å². The molecule has 0 radical (unpaired) electrons. The fraction of sp³-hybridized carbons (Fsp3) is 0.231. The Morgan fingerprint density at radius 2 is 1.82 bits per heavy atom. The van der Waals surface area contributed by atoms with Crippen LogP contribution in [-0.4, -0.2) is 55.8 Å². The number of nitrogens with one attached hydrogen (secondary N) is 2. The van der Waals surface area contributed by atoms with Gasteiger partial charge in [0.25, 0.3) is 10.9 Å². The van der Waals surface area contributed by atoms with Crippen LogP contribution in [0, 0.1) is 0 Å². The molecule has 0 spiro atoms. The lowest BCUT2D eigenvalue weighted by atomic mass is 9.98. The van der Waals surface area contributed by atoms with Gasteiger partial charge in [0.15, 0.2) is 5.78 Å². The summed E-state index contributed by atoms with van der Waals surface area (Å²) in [5, 5.41) is 11.6. The number of aromatic amines is 1. The van der Waals surface area contributed by atoms with Crippen molar-refractivity contribution < 1.29 is 4.79 Å². The lowest BCUT2D eigenvalue weighted by Gasteiger charge is -2.38. The Morgan fingerprint density at radius 1 is 1.06 bits per heavy atom. The Bertz CT molecular complexity index is 1460. The van der Waals surface area contributed by atoms with E-state index in [9.17, 15) is 14.4 Å². The fourth-order valence-electron chi connectivity index (χ4n) is 4.49. The topological polar surface area (TPSA) is 98.4 Å². The van der Waals surface area contributed by atoms with Crippen molar-refractivity contribution in [3.63, 3.8) is 0 Å². The molecule has 1 aliphatic heterocycles. The molecule has 3 aromatic carbocycles. The Hall–Kier alpha value is -4.04. The molecule has 1 aromatic heterocycles. The molecule has 0 saturated carbocycles. The van der Waals surface area contributed by atoms with Gasteiger partial charge in [0.05, 0.1) is 11.2 Å². The number of carbonyl (C=O) groups excluding carboxylic acids is 1. The highest BCUT2D eigenvalue weighted by molar-refractivity contribution is 6.03. The third-order valence-corrected chi connectivity index (χ3v) is 6.27. The lowest BCUT2D eigenvalue weighted by Crippen LogP contribution is -2.59. The average Bonchev–Trinajstić information content (AvgIpc) is 3.28. The molecule has 1 atom stereocenters. The SMILES string of the molecule is CN(C)c1c(N2CCNCC2C(=O)c2ccc(/C=C/c3n[nH]c4ccccc34)cc2)c(=O)c1=O. The highest BCUT2D eigenvalue weighted by atomic mass is 16.2. The number of ketones is 1. The van der Waals surface area contributed by atoms with Crippen molar-refractivity contribution in [2.24, 2.45) is 0 Å². The van der Waals surface area contributed by atoms with Gasteiger partial charge < -0.3 is 15.1 Å². The van der Waals surface area contributed by atoms with Gasteiger partial charge in [-0.15, -0.1) is 0 Å². The zero-order valence-corrected chi connectivity index (χ0v) is 19.0. The summed E-state index contributed by atoms with van der Waals surface area (Å²) in [5.41, 5.74) is 3.04. The van der Waals surface area contributed by atoms with Gasteiger partial charge in [-0.2, -0.15) is 5.10 Å². The largest absolute Gasteiger partial charge is 0.373 e. The smallest absolute Gasteiger partial charge is 0.253 e. The maximum atomic E-state index is 13.4. The molecule has 2 N–H and O–H groups in total. The molecule has 0 aliphatic carbocycles. The number of nitrogens with zero attached hydrogens (tertiary/aromatic N) is 3. The Morgan fingerprint density at radius 3 is 2.59 bits per heavy atom. The van der Waals surface area contributed by atoms with Crippen LogP contribution < -0.4 is 26.0 Å². The minimum atomic E-state index is -0.549. The van der Waals surface area contributed by atoms with Crippen LogP contribution >= 0.6 is 0 Å². The Balaban J connectivity index is 1.36. The van der Waals surface area contributed by atoms with Gasteiger partial charge in [0.1, 0.15) is 17.4 Å². The van der Waals surface area contributed by atoms with Crippen molar-refractivity contribution in [2.45, 2.75) is 6.04 Å². The molecule has 8 nitrogen and oxygen atoms in total. The van der Waals surface area contributed by atoms with Gasteiger partial charge in [-0.05, 0) is 17.7 Å². The van der Waals surface area contributed by atoms with E-state index in [4.69, 9.17) is 0 Å². The summed E-state index contributed by atoms with van der Waals surface area (Å²) < 4.78 is 0. The Labute approximate surface area is 196 Å². The molecule has 4 aromatic rings. The molecule has 5 rings (SSSR count). The standard InChI is InChI=1S/C26H25N5O3/c1-30(2)22-23(26(34)25(22)33)31-14-13-27-15-21(31)24(32)17-10-7-16(8-11-17)9-12-20-18-5-3-4-6-19(18)28-29-20/h3-12,21,27H,13-15H2,1-2H3,(H,28,29)/b12-9+. The predicted octanol–water partition coefficient (Wildman–Crippen LogP) is 2.06. The predicted molar refractivity (Wildman–Crippen MR) is 135 cm³/mol. The van der Waals surface area contributed by atoms with Crippen LogP contribution in [0.15, 0.2) is 58.1 Å². The zero-order chi connectivity index (χ0) is 23.8. The fourth-order valence-corrected chi connectivity index (χ4v) is 4.49. The number of benzene rings is 2. The summed E-state index contributed by atoms with van der Waals surface area (Å²) in [6.07, 6.45) is 3.90. The second-order valence-corrected chi connectivity index (χ2v) is 8.64. The number of Topliss-reactive ketones (excluding diaryl/α,β-unsaturated/α-hetero) is 1. The molecule has 1 aliphatic rings. The molecule has 8 heteroatoms. The lowest BCUT2D eigenvalue weighted by molar-refractivity contribution is 0.0950. The number of hydrogen-bond donors (Lipinski definition) is 2. The highest BCUT2D eigenvalue weighted by Gasteiger charge is 2.36. The van der Waals surface area contributed by atoms with Crippen LogP contribution in [0.25, 0.3) is 23.1 Å². The average molecular weight is 456 g/mol. The number of piperazine rings is 1. The first-order valence-corrected chi connectivity index (χ1v) is 11.2. The van der Waals surface area contributed by atoms with E-state index in [-0.39, 0.29) is 5.78 Å². The van der Waals surface area contributed by atoms with E-state index in [0.717, 1.165) is 22.2 Å². The minimum absolute atomic E-state index is 0.0845. The first kappa shape index (κ1) is 21.8. The van der Waals surface area contributed by atoms with E-state index in [1.807, 2.05) is 48.6 Å². The molecule has 34 heavy (non-hydrogen) atoms. The zero-order valence-electron chi connectivity index (χ0n) is 19.0. The number of para-hydroxylation sites is 1. The minimum Gasteiger partial charge on any atom is -0.373 e. The second kappa shape index (κ2) is 8.72. The van der Waals surface area contributed by atoms with Crippen molar-refractivity contribution in [1.82, 2.24) is 15.5 Å². The van der Waals surface area contributed by atoms with Crippen molar-refractivity contribution in [2.75, 3.05) is 43.5 Å².